The van der Waals surface area contributed by atoms with E-state index in [0.29, 0.717) is 37.9 Å². The summed E-state index contributed by atoms with van der Waals surface area (Å²) in [4.78, 5) is 13.7. The monoisotopic (exact) mass is 366 g/mol. The van der Waals surface area contributed by atoms with Crippen LogP contribution in [0.3, 0.4) is 0 Å². The first kappa shape index (κ1) is 19.3. The molecule has 4 N–H and O–H groups in total. The minimum absolute atomic E-state index is 0.0821. The van der Waals surface area contributed by atoms with Crippen LogP contribution < -0.4 is 10.5 Å². The quantitative estimate of drug-likeness (QED) is 0.619. The number of hydrogen-bond acceptors (Lipinski definition) is 5. The van der Waals surface area contributed by atoms with E-state index in [-0.39, 0.29) is 29.2 Å². The highest BCUT2D eigenvalue weighted by atomic mass is 16.5. The molecule has 2 radical (unpaired) electrons. The summed E-state index contributed by atoms with van der Waals surface area (Å²) in [7, 11) is 5.50. The lowest BCUT2D eigenvalue weighted by Crippen LogP contribution is -2.55. The summed E-state index contributed by atoms with van der Waals surface area (Å²) in [5.41, 5.74) is 7.61. The van der Waals surface area contributed by atoms with E-state index < -0.39 is 5.97 Å². The summed E-state index contributed by atoms with van der Waals surface area (Å²) in [6.45, 7) is 2.02. The lowest BCUT2D eigenvalue weighted by Gasteiger charge is -2.40. The fraction of sp³-hybridized carbons (Fsp3) is 0.350. The van der Waals surface area contributed by atoms with E-state index in [0.717, 1.165) is 5.56 Å². The molecule has 27 heavy (non-hydrogen) atoms. The van der Waals surface area contributed by atoms with Gasteiger partial charge in [0.1, 0.15) is 23.2 Å². The van der Waals surface area contributed by atoms with Gasteiger partial charge in [0.05, 0.1) is 7.85 Å². The Labute approximate surface area is 160 Å². The van der Waals surface area contributed by atoms with Crippen LogP contribution in [0.25, 0.3) is 0 Å². The number of benzene rings is 2. The third-order valence-corrected chi connectivity index (χ3v) is 4.75. The van der Waals surface area contributed by atoms with E-state index in [1.165, 1.54) is 0 Å². The van der Waals surface area contributed by atoms with Gasteiger partial charge in [-0.3, -0.25) is 4.90 Å². The van der Waals surface area contributed by atoms with E-state index in [4.69, 9.17) is 18.3 Å². The van der Waals surface area contributed by atoms with Crippen LogP contribution in [-0.2, 0) is 6.42 Å². The summed E-state index contributed by atoms with van der Waals surface area (Å²) in [5, 5.41) is 19.7. The van der Waals surface area contributed by atoms with Gasteiger partial charge in [0.2, 0.25) is 0 Å². The first-order valence-corrected chi connectivity index (χ1v) is 8.97. The topological polar surface area (TPSA) is 96.0 Å². The van der Waals surface area contributed by atoms with Crippen molar-refractivity contribution in [3.8, 4) is 11.5 Å². The number of aromatic hydroxyl groups is 1. The zero-order valence-corrected chi connectivity index (χ0v) is 15.0. The summed E-state index contributed by atoms with van der Waals surface area (Å²) in [6, 6.07) is 13.1. The molecule has 0 unspecified atom stereocenters. The van der Waals surface area contributed by atoms with Crippen molar-refractivity contribution in [2.75, 3.05) is 19.6 Å². The maximum Gasteiger partial charge on any atom is 0.343 e. The van der Waals surface area contributed by atoms with Crippen molar-refractivity contribution in [2.24, 2.45) is 5.73 Å². The third kappa shape index (κ3) is 4.43. The number of ether oxygens (including phenoxy) is 1. The van der Waals surface area contributed by atoms with Gasteiger partial charge in [-0.05, 0) is 23.6 Å². The molecule has 6 nitrogen and oxygen atoms in total. The molecular formula is C20H23BN2O4. The lowest BCUT2D eigenvalue weighted by atomic mass is 9.95. The first-order valence-electron chi connectivity index (χ1n) is 8.97. The molecule has 3 rings (SSSR count). The van der Waals surface area contributed by atoms with Gasteiger partial charge < -0.3 is 20.7 Å². The second-order valence-corrected chi connectivity index (χ2v) is 6.77. The summed E-state index contributed by atoms with van der Waals surface area (Å²) in [5.74, 6) is -1.31. The zero-order valence-electron chi connectivity index (χ0n) is 15.0. The number of nitrogens with two attached hydrogens (primary N) is 1. The molecule has 0 saturated carbocycles. The molecule has 1 fully saturated rings. The number of carboxylic acid groups (broad SMARTS) is 1. The maximum atomic E-state index is 11.6. The molecule has 1 aliphatic heterocycles. The second kappa shape index (κ2) is 8.46. The molecule has 0 bridgehead atoms. The minimum Gasteiger partial charge on any atom is -0.507 e. The highest BCUT2D eigenvalue weighted by Crippen LogP contribution is 2.33. The van der Waals surface area contributed by atoms with E-state index in [2.05, 4.69) is 4.90 Å². The number of rotatable bonds is 8. The van der Waals surface area contributed by atoms with Crippen LogP contribution >= 0.6 is 0 Å². The van der Waals surface area contributed by atoms with Gasteiger partial charge in [-0.25, -0.2) is 4.79 Å². The standard InChI is InChI=1S/C20H23BN2O4/c21-9-8-14-6-7-17(18(19(14)24)20(25)26)27-15-10-23(11-15)12-16(22)13-4-2-1-3-5-13/h1-7,15-16,24H,8-12,22H2,(H,25,26)/t16-/m0/s1. The van der Waals surface area contributed by atoms with Gasteiger partial charge in [0, 0.05) is 25.7 Å². The molecule has 1 aliphatic rings. The summed E-state index contributed by atoms with van der Waals surface area (Å²) >= 11 is 0. The van der Waals surface area contributed by atoms with Crippen molar-refractivity contribution >= 4 is 13.8 Å². The highest BCUT2D eigenvalue weighted by Gasteiger charge is 2.31. The second-order valence-electron chi connectivity index (χ2n) is 6.77. The van der Waals surface area contributed by atoms with Gasteiger partial charge in [0.25, 0.3) is 0 Å². The fourth-order valence-electron chi connectivity index (χ4n) is 3.29. The largest absolute Gasteiger partial charge is 0.507 e. The molecule has 1 heterocycles. The number of hydrogen-bond donors (Lipinski definition) is 3. The van der Waals surface area contributed by atoms with Crippen molar-refractivity contribution in [3.05, 3.63) is 59.2 Å². The van der Waals surface area contributed by atoms with Gasteiger partial charge in [-0.1, -0.05) is 42.7 Å². The Morgan fingerprint density at radius 2 is 1.96 bits per heavy atom. The molecule has 1 atom stereocenters. The summed E-state index contributed by atoms with van der Waals surface area (Å²) < 4.78 is 5.82. The zero-order chi connectivity index (χ0) is 19.4. The average molecular weight is 366 g/mol. The Balaban J connectivity index is 1.60. The molecule has 2 aromatic carbocycles. The molecule has 1 saturated heterocycles. The van der Waals surface area contributed by atoms with Crippen LogP contribution in [0.2, 0.25) is 6.32 Å². The van der Waals surface area contributed by atoms with Crippen LogP contribution in [0.4, 0.5) is 0 Å². The third-order valence-electron chi connectivity index (χ3n) is 4.75. The van der Waals surface area contributed by atoms with Crippen molar-refractivity contribution in [1.82, 2.24) is 4.90 Å². The van der Waals surface area contributed by atoms with Crippen LogP contribution in [0.15, 0.2) is 42.5 Å². The number of nitrogens with zero attached hydrogens (tertiary/aromatic N) is 1. The normalized spacial score (nSPS) is 15.9. The highest BCUT2D eigenvalue weighted by molar-refractivity contribution is 6.08. The van der Waals surface area contributed by atoms with E-state index in [9.17, 15) is 15.0 Å². The molecule has 140 valence electrons. The Morgan fingerprint density at radius 3 is 2.59 bits per heavy atom. The van der Waals surface area contributed by atoms with E-state index in [1.54, 1.807) is 12.1 Å². The molecular weight excluding hydrogens is 343 g/mol. The van der Waals surface area contributed by atoms with Crippen molar-refractivity contribution in [1.29, 1.82) is 0 Å². The predicted octanol–water partition coefficient (Wildman–Crippen LogP) is 1.98. The minimum atomic E-state index is -1.22. The Hall–Kier alpha value is -2.51. The fourth-order valence-corrected chi connectivity index (χ4v) is 3.29. The first-order chi connectivity index (χ1) is 13.0. The molecule has 0 aromatic heterocycles. The Kier molecular flexibility index (Phi) is 6.03. The van der Waals surface area contributed by atoms with Crippen molar-refractivity contribution < 1.29 is 19.7 Å². The lowest BCUT2D eigenvalue weighted by molar-refractivity contribution is 0.0153. The van der Waals surface area contributed by atoms with Crippen LogP contribution in [-0.4, -0.2) is 54.7 Å². The molecule has 2 aromatic rings. The van der Waals surface area contributed by atoms with Gasteiger partial charge >= 0.3 is 5.97 Å². The number of aromatic carboxylic acids is 1. The summed E-state index contributed by atoms with van der Waals surface area (Å²) in [6.07, 6.45) is 0.596. The van der Waals surface area contributed by atoms with E-state index >= 15 is 0 Å². The van der Waals surface area contributed by atoms with Crippen LogP contribution in [0.1, 0.15) is 27.5 Å². The van der Waals surface area contributed by atoms with Gasteiger partial charge in [-0.2, -0.15) is 0 Å². The maximum absolute atomic E-state index is 11.6. The number of phenols is 1. The molecule has 0 spiro atoms. The van der Waals surface area contributed by atoms with Crippen molar-refractivity contribution in [3.63, 3.8) is 0 Å². The van der Waals surface area contributed by atoms with Gasteiger partial charge in [0.15, 0.2) is 0 Å². The SMILES string of the molecule is [B]CCc1ccc(OC2CN(C[C@H](N)c3ccccc3)C2)c(C(=O)O)c1O. The predicted molar refractivity (Wildman–Crippen MR) is 104 cm³/mol. The number of aryl methyl sites for hydroxylation is 1. The Bertz CT molecular complexity index is 794. The number of carboxylic acids is 1. The van der Waals surface area contributed by atoms with Crippen LogP contribution in [0.5, 0.6) is 11.5 Å². The average Bonchev–Trinajstić information content (AvgIpc) is 2.62. The molecule has 0 aliphatic carbocycles. The molecule has 0 amide bonds. The van der Waals surface area contributed by atoms with E-state index in [1.807, 2.05) is 30.3 Å². The van der Waals surface area contributed by atoms with Gasteiger partial charge in [-0.15, -0.1) is 0 Å². The number of carbonyl (C=O) groups is 1. The van der Waals surface area contributed by atoms with Crippen LogP contribution in [0, 0.1) is 0 Å². The Morgan fingerprint density at radius 1 is 1.26 bits per heavy atom. The smallest absolute Gasteiger partial charge is 0.343 e. The van der Waals surface area contributed by atoms with Crippen molar-refractivity contribution in [2.45, 2.75) is 24.9 Å². The molecule has 7 heteroatoms. The number of likely N-dealkylation sites (tertiary alicyclic amines) is 1.